The van der Waals surface area contributed by atoms with Gasteiger partial charge in [0, 0.05) is 24.2 Å². The van der Waals surface area contributed by atoms with Gasteiger partial charge < -0.3 is 10.1 Å². The first-order chi connectivity index (χ1) is 11.6. The molecule has 2 aromatic heterocycles. The number of rotatable bonds is 5. The van der Waals surface area contributed by atoms with E-state index < -0.39 is 10.0 Å². The minimum absolute atomic E-state index is 0.263. The molecule has 3 heterocycles. The Morgan fingerprint density at radius 3 is 2.75 bits per heavy atom. The van der Waals surface area contributed by atoms with E-state index in [9.17, 15) is 13.2 Å². The zero-order valence-electron chi connectivity index (χ0n) is 12.8. The topological polar surface area (TPSA) is 88.6 Å². The predicted molar refractivity (Wildman–Crippen MR) is 89.3 cm³/mol. The third-order valence-corrected chi connectivity index (χ3v) is 6.97. The molecule has 0 saturated carbocycles. The lowest BCUT2D eigenvalue weighted by Crippen LogP contribution is -2.40. The van der Waals surface area contributed by atoms with Crippen LogP contribution in [0.3, 0.4) is 0 Å². The van der Waals surface area contributed by atoms with Crippen molar-refractivity contribution in [3.63, 3.8) is 0 Å². The van der Waals surface area contributed by atoms with Gasteiger partial charge in [-0.05, 0) is 24.3 Å². The molecular weight excluding hydrogens is 350 g/mol. The molecule has 1 amide bonds. The molecule has 3 rings (SSSR count). The van der Waals surface area contributed by atoms with Crippen molar-refractivity contribution in [1.29, 1.82) is 0 Å². The summed E-state index contributed by atoms with van der Waals surface area (Å²) in [5.74, 6) is -0.290. The Bertz CT molecular complexity index is 799. The van der Waals surface area contributed by atoms with Crippen molar-refractivity contribution in [3.8, 4) is 0 Å². The molecule has 0 atom stereocenters. The lowest BCUT2D eigenvalue weighted by Gasteiger charge is -2.25. The molecule has 1 N–H and O–H groups in total. The van der Waals surface area contributed by atoms with E-state index in [2.05, 4.69) is 10.3 Å². The fourth-order valence-corrected chi connectivity index (χ4v) is 5.12. The summed E-state index contributed by atoms with van der Waals surface area (Å²) in [5.41, 5.74) is 0.329. The molecule has 0 radical (unpaired) electrons. The van der Waals surface area contributed by atoms with Crippen molar-refractivity contribution < 1.29 is 17.9 Å². The summed E-state index contributed by atoms with van der Waals surface area (Å²) in [6, 6.07) is 8.39. The number of nitrogens with one attached hydrogen (secondary N) is 1. The summed E-state index contributed by atoms with van der Waals surface area (Å²) in [5, 5.41) is 2.74. The van der Waals surface area contributed by atoms with Crippen LogP contribution in [0.25, 0.3) is 0 Å². The molecule has 0 bridgehead atoms. The third kappa shape index (κ3) is 3.81. The molecule has 1 aliphatic rings. The molecule has 7 nitrogen and oxygen atoms in total. The van der Waals surface area contributed by atoms with Gasteiger partial charge in [-0.15, -0.1) is 11.3 Å². The molecule has 24 heavy (non-hydrogen) atoms. The molecule has 0 spiro atoms. The highest BCUT2D eigenvalue weighted by Gasteiger charge is 2.27. The highest BCUT2D eigenvalue weighted by molar-refractivity contribution is 7.91. The van der Waals surface area contributed by atoms with Gasteiger partial charge in [0.15, 0.2) is 0 Å². The largest absolute Gasteiger partial charge is 0.379 e. The van der Waals surface area contributed by atoms with Crippen LogP contribution in [-0.4, -0.2) is 49.9 Å². The lowest BCUT2D eigenvalue weighted by molar-refractivity contribution is 0.0731. The van der Waals surface area contributed by atoms with Crippen molar-refractivity contribution in [3.05, 3.63) is 47.1 Å². The van der Waals surface area contributed by atoms with Gasteiger partial charge in [0.25, 0.3) is 15.9 Å². The van der Waals surface area contributed by atoms with Crippen LogP contribution in [0.15, 0.2) is 40.7 Å². The maximum absolute atomic E-state index is 12.5. The van der Waals surface area contributed by atoms with E-state index in [0.29, 0.717) is 32.0 Å². The summed E-state index contributed by atoms with van der Waals surface area (Å²) in [6.45, 7) is 1.83. The van der Waals surface area contributed by atoms with E-state index >= 15 is 0 Å². The normalized spacial score (nSPS) is 16.0. The van der Waals surface area contributed by atoms with Gasteiger partial charge in [0.1, 0.15) is 9.90 Å². The van der Waals surface area contributed by atoms with E-state index in [0.717, 1.165) is 4.88 Å². The number of thiophene rings is 1. The van der Waals surface area contributed by atoms with Crippen LogP contribution in [-0.2, 0) is 21.3 Å². The maximum atomic E-state index is 12.5. The fraction of sp³-hybridized carbons (Fsp3) is 0.333. The number of ether oxygens (including phenoxy) is 1. The second kappa shape index (κ2) is 7.39. The summed E-state index contributed by atoms with van der Waals surface area (Å²) in [6.07, 6.45) is 1.55. The van der Waals surface area contributed by atoms with E-state index in [1.807, 2.05) is 0 Å². The second-order valence-electron chi connectivity index (χ2n) is 5.13. The summed E-state index contributed by atoms with van der Waals surface area (Å²) in [7, 11) is -3.49. The smallest absolute Gasteiger partial charge is 0.270 e. The second-order valence-corrected chi connectivity index (χ2v) is 8.47. The van der Waals surface area contributed by atoms with Gasteiger partial charge in [0.2, 0.25) is 0 Å². The molecule has 0 aliphatic carbocycles. The van der Waals surface area contributed by atoms with Gasteiger partial charge in [-0.2, -0.15) is 4.31 Å². The number of hydrogen-bond acceptors (Lipinski definition) is 6. The number of hydrogen-bond donors (Lipinski definition) is 1. The van der Waals surface area contributed by atoms with Crippen molar-refractivity contribution in [2.75, 3.05) is 26.3 Å². The first-order valence-corrected chi connectivity index (χ1v) is 9.69. The molecule has 9 heteroatoms. The Balaban J connectivity index is 1.64. The average molecular weight is 367 g/mol. The van der Waals surface area contributed by atoms with Gasteiger partial charge in [-0.1, -0.05) is 6.07 Å². The Morgan fingerprint density at radius 2 is 2.04 bits per heavy atom. The summed E-state index contributed by atoms with van der Waals surface area (Å²) in [4.78, 5) is 16.7. The number of carbonyl (C=O) groups is 1. The highest BCUT2D eigenvalue weighted by atomic mass is 32.2. The monoisotopic (exact) mass is 367 g/mol. The Labute approximate surface area is 144 Å². The molecule has 0 unspecified atom stereocenters. The molecule has 1 fully saturated rings. The Hall–Kier alpha value is -1.81. The van der Waals surface area contributed by atoms with Crippen LogP contribution < -0.4 is 5.32 Å². The average Bonchev–Trinajstić information content (AvgIpc) is 3.11. The molecule has 128 valence electrons. The van der Waals surface area contributed by atoms with Gasteiger partial charge in [-0.25, -0.2) is 8.42 Å². The van der Waals surface area contributed by atoms with Gasteiger partial charge >= 0.3 is 0 Å². The number of nitrogens with zero attached hydrogens (tertiary/aromatic N) is 2. The van der Waals surface area contributed by atoms with Crippen LogP contribution in [0.5, 0.6) is 0 Å². The number of morpholine rings is 1. The Morgan fingerprint density at radius 1 is 1.25 bits per heavy atom. The maximum Gasteiger partial charge on any atom is 0.270 e. The third-order valence-electron chi connectivity index (χ3n) is 3.52. The quantitative estimate of drug-likeness (QED) is 0.855. The molecular formula is C15H17N3O4S2. The van der Waals surface area contributed by atoms with Crippen LogP contribution in [0.4, 0.5) is 0 Å². The van der Waals surface area contributed by atoms with Crippen LogP contribution >= 0.6 is 11.3 Å². The van der Waals surface area contributed by atoms with Gasteiger partial charge in [-0.3, -0.25) is 9.78 Å². The molecule has 0 aromatic carbocycles. The zero-order chi connectivity index (χ0) is 17.0. The Kier molecular flexibility index (Phi) is 5.24. The SMILES string of the molecule is O=C(NCc1ccc(S(=O)(=O)N2CCOCC2)s1)c1ccccn1. The van der Waals surface area contributed by atoms with Crippen LogP contribution in [0.2, 0.25) is 0 Å². The van der Waals surface area contributed by atoms with Crippen molar-refractivity contribution in [2.24, 2.45) is 0 Å². The van der Waals surface area contributed by atoms with Gasteiger partial charge in [0.05, 0.1) is 19.8 Å². The van der Waals surface area contributed by atoms with Crippen LogP contribution in [0, 0.1) is 0 Å². The predicted octanol–water partition coefficient (Wildman–Crippen LogP) is 1.09. The summed E-state index contributed by atoms with van der Waals surface area (Å²) >= 11 is 1.17. The number of pyridine rings is 1. The summed E-state index contributed by atoms with van der Waals surface area (Å²) < 4.78 is 32.0. The number of aromatic nitrogens is 1. The van der Waals surface area contributed by atoms with E-state index in [-0.39, 0.29) is 16.7 Å². The van der Waals surface area contributed by atoms with E-state index in [1.165, 1.54) is 15.6 Å². The molecule has 1 saturated heterocycles. The van der Waals surface area contributed by atoms with E-state index in [4.69, 9.17) is 4.74 Å². The van der Waals surface area contributed by atoms with Crippen LogP contribution in [0.1, 0.15) is 15.4 Å². The minimum atomic E-state index is -3.49. The fourth-order valence-electron chi connectivity index (χ4n) is 2.26. The zero-order valence-corrected chi connectivity index (χ0v) is 14.5. The van der Waals surface area contributed by atoms with E-state index in [1.54, 1.807) is 36.5 Å². The molecule has 1 aliphatic heterocycles. The van der Waals surface area contributed by atoms with Crippen molar-refractivity contribution in [1.82, 2.24) is 14.6 Å². The first-order valence-electron chi connectivity index (χ1n) is 7.43. The number of sulfonamides is 1. The van der Waals surface area contributed by atoms with Crippen molar-refractivity contribution in [2.45, 2.75) is 10.8 Å². The standard InChI is InChI=1S/C15H17N3O4S2/c19-15(13-3-1-2-6-16-13)17-11-12-4-5-14(23-12)24(20,21)18-7-9-22-10-8-18/h1-6H,7-11H2,(H,17,19). The lowest BCUT2D eigenvalue weighted by atomic mass is 10.3. The highest BCUT2D eigenvalue weighted by Crippen LogP contribution is 2.25. The van der Waals surface area contributed by atoms with Crippen molar-refractivity contribution >= 4 is 27.3 Å². The molecule has 2 aromatic rings. The number of carbonyl (C=O) groups excluding carboxylic acids is 1. The minimum Gasteiger partial charge on any atom is -0.379 e. The first kappa shape index (κ1) is 17.0. The number of amides is 1.